The van der Waals surface area contributed by atoms with Crippen LogP contribution in [0.2, 0.25) is 5.02 Å². The molecule has 1 aliphatic rings. The van der Waals surface area contributed by atoms with Crippen LogP contribution < -0.4 is 4.90 Å². The number of hydrogen-bond acceptors (Lipinski definition) is 5. The Hall–Kier alpha value is -2.85. The van der Waals surface area contributed by atoms with Gasteiger partial charge in [-0.1, -0.05) is 17.7 Å². The predicted molar refractivity (Wildman–Crippen MR) is 130 cm³/mol. The minimum absolute atomic E-state index is 0.0159. The number of alkyl halides is 2. The minimum atomic E-state index is -4.12. The van der Waals surface area contributed by atoms with Crippen LogP contribution in [0.5, 0.6) is 0 Å². The molecule has 1 fully saturated rings. The highest BCUT2D eigenvalue weighted by Crippen LogP contribution is 2.35. The second kappa shape index (κ2) is 9.31. The van der Waals surface area contributed by atoms with Crippen LogP contribution >= 0.6 is 11.6 Å². The largest absolute Gasteiger partial charge is 0.444 e. The summed E-state index contributed by atoms with van der Waals surface area (Å²) in [6, 6.07) is 10.5. The fourth-order valence-electron chi connectivity index (χ4n) is 4.02. The number of benzene rings is 2. The number of piperazine rings is 1. The second-order valence-corrected chi connectivity index (χ2v) is 11.6. The van der Waals surface area contributed by atoms with Crippen LogP contribution in [0.3, 0.4) is 0 Å². The van der Waals surface area contributed by atoms with E-state index < -0.39 is 22.0 Å². The first-order valence-corrected chi connectivity index (χ1v) is 12.9. The minimum Gasteiger partial charge on any atom is -0.444 e. The molecular weight excluding hydrogens is 500 g/mol. The monoisotopic (exact) mass is 525 g/mol. The maximum atomic E-state index is 13.6. The van der Waals surface area contributed by atoms with E-state index in [2.05, 4.69) is 0 Å². The summed E-state index contributed by atoms with van der Waals surface area (Å²) in [5.74, 6) is 0. The maximum Gasteiger partial charge on any atom is 0.410 e. The molecule has 0 atom stereocenters. The van der Waals surface area contributed by atoms with Gasteiger partial charge in [-0.3, -0.25) is 4.57 Å². The lowest BCUT2D eigenvalue weighted by Gasteiger charge is -2.36. The fraction of sp³-hybridized carbons (Fsp3) is 0.375. The van der Waals surface area contributed by atoms with E-state index in [0.29, 0.717) is 36.4 Å². The van der Waals surface area contributed by atoms with E-state index in [4.69, 9.17) is 16.3 Å². The summed E-state index contributed by atoms with van der Waals surface area (Å²) in [5, 5.41) is 0.381. The molecule has 0 aliphatic carbocycles. The van der Waals surface area contributed by atoms with E-state index in [1.54, 1.807) is 37.8 Å². The molecule has 0 bridgehead atoms. The SMILES string of the molecule is CC(C)(C)OC(=O)N1CCN(c2cccc(S(=O)(=O)c3cn(C(F)F)c4ccc(Cl)cc34)c2)CC1. The average molecular weight is 526 g/mol. The molecule has 0 spiro atoms. The molecule has 0 radical (unpaired) electrons. The molecule has 2 heterocycles. The number of rotatable bonds is 4. The second-order valence-electron chi connectivity index (χ2n) is 9.29. The van der Waals surface area contributed by atoms with E-state index in [0.717, 1.165) is 6.20 Å². The lowest BCUT2D eigenvalue weighted by Crippen LogP contribution is -2.50. The van der Waals surface area contributed by atoms with E-state index in [9.17, 15) is 22.0 Å². The van der Waals surface area contributed by atoms with Crippen LogP contribution in [-0.4, -0.2) is 55.8 Å². The van der Waals surface area contributed by atoms with Crippen LogP contribution in [0.25, 0.3) is 10.9 Å². The average Bonchev–Trinajstić information content (AvgIpc) is 3.18. The highest BCUT2D eigenvalue weighted by Gasteiger charge is 2.28. The van der Waals surface area contributed by atoms with Crippen LogP contribution in [0.4, 0.5) is 19.3 Å². The van der Waals surface area contributed by atoms with Gasteiger partial charge in [0.25, 0.3) is 0 Å². The molecule has 1 saturated heterocycles. The lowest BCUT2D eigenvalue weighted by molar-refractivity contribution is 0.0240. The Kier molecular flexibility index (Phi) is 6.72. The molecule has 0 unspecified atom stereocenters. The van der Waals surface area contributed by atoms with E-state index in [1.807, 2.05) is 4.90 Å². The van der Waals surface area contributed by atoms with Crippen LogP contribution in [0, 0.1) is 0 Å². The van der Waals surface area contributed by atoms with Gasteiger partial charge in [0.15, 0.2) is 0 Å². The quantitative estimate of drug-likeness (QED) is 0.444. The van der Waals surface area contributed by atoms with Crippen molar-refractivity contribution in [1.82, 2.24) is 9.47 Å². The lowest BCUT2D eigenvalue weighted by atomic mass is 10.2. The van der Waals surface area contributed by atoms with Crippen molar-refractivity contribution in [2.45, 2.75) is 42.7 Å². The van der Waals surface area contributed by atoms with Gasteiger partial charge in [-0.15, -0.1) is 0 Å². The van der Waals surface area contributed by atoms with Crippen LogP contribution in [0.15, 0.2) is 58.5 Å². The summed E-state index contributed by atoms with van der Waals surface area (Å²) in [5.41, 5.74) is 0.150. The van der Waals surface area contributed by atoms with E-state index in [-0.39, 0.29) is 31.8 Å². The zero-order valence-electron chi connectivity index (χ0n) is 19.5. The molecule has 188 valence electrons. The van der Waals surface area contributed by atoms with Gasteiger partial charge in [0.05, 0.1) is 15.3 Å². The summed E-state index contributed by atoms with van der Waals surface area (Å²) in [4.78, 5) is 15.7. The molecular formula is C24H26ClF2N3O4S. The zero-order valence-corrected chi connectivity index (χ0v) is 21.1. The smallest absolute Gasteiger partial charge is 0.410 e. The normalized spacial score (nSPS) is 15.2. The molecule has 4 rings (SSSR count). The first kappa shape index (κ1) is 25.2. The molecule has 1 amide bonds. The molecule has 2 aromatic carbocycles. The molecule has 1 aromatic heterocycles. The van der Waals surface area contributed by atoms with Crippen molar-refractivity contribution in [3.05, 3.63) is 53.7 Å². The van der Waals surface area contributed by atoms with Gasteiger partial charge in [0.2, 0.25) is 9.84 Å². The number of hydrogen-bond donors (Lipinski definition) is 0. The predicted octanol–water partition coefficient (Wildman–Crippen LogP) is 5.58. The van der Waals surface area contributed by atoms with Crippen molar-refractivity contribution < 1.29 is 26.7 Å². The summed E-state index contributed by atoms with van der Waals surface area (Å²) < 4.78 is 60.2. The van der Waals surface area contributed by atoms with E-state index in [1.165, 1.54) is 30.3 Å². The van der Waals surface area contributed by atoms with Gasteiger partial charge >= 0.3 is 12.6 Å². The molecule has 0 N–H and O–H groups in total. The number of anilines is 1. The third kappa shape index (κ3) is 5.23. The molecule has 11 heteroatoms. The number of ether oxygens (including phenoxy) is 1. The van der Waals surface area contributed by atoms with Crippen molar-refractivity contribution in [1.29, 1.82) is 0 Å². The Bertz CT molecular complexity index is 1360. The number of aromatic nitrogens is 1. The Labute approximate surface area is 207 Å². The van der Waals surface area contributed by atoms with Gasteiger partial charge in [-0.05, 0) is 57.2 Å². The maximum absolute atomic E-state index is 13.6. The van der Waals surface area contributed by atoms with Crippen molar-refractivity contribution in [2.75, 3.05) is 31.1 Å². The van der Waals surface area contributed by atoms with Gasteiger partial charge < -0.3 is 14.5 Å². The molecule has 3 aromatic rings. The summed E-state index contributed by atoms with van der Waals surface area (Å²) in [7, 11) is -4.12. The Morgan fingerprint density at radius 3 is 2.37 bits per heavy atom. The number of halogens is 3. The molecule has 7 nitrogen and oxygen atoms in total. The van der Waals surface area contributed by atoms with Crippen molar-refractivity contribution in [3.8, 4) is 0 Å². The highest BCUT2D eigenvalue weighted by molar-refractivity contribution is 7.91. The number of carbonyl (C=O) groups is 1. The molecule has 1 aliphatic heterocycles. The number of amides is 1. The summed E-state index contributed by atoms with van der Waals surface area (Å²) in [6.45, 7) is 4.33. The van der Waals surface area contributed by atoms with Gasteiger partial charge in [0.1, 0.15) is 5.60 Å². The third-order valence-corrected chi connectivity index (χ3v) is 7.70. The topological polar surface area (TPSA) is 71.8 Å². The molecule has 0 saturated carbocycles. The first-order valence-electron chi connectivity index (χ1n) is 11.0. The first-order chi connectivity index (χ1) is 16.4. The van der Waals surface area contributed by atoms with E-state index >= 15 is 0 Å². The summed E-state index contributed by atoms with van der Waals surface area (Å²) >= 11 is 6.04. The number of sulfone groups is 1. The van der Waals surface area contributed by atoms with Crippen molar-refractivity contribution in [2.24, 2.45) is 0 Å². The molecule has 35 heavy (non-hydrogen) atoms. The number of nitrogens with zero attached hydrogens (tertiary/aromatic N) is 3. The number of fused-ring (bicyclic) bond motifs is 1. The standard InChI is InChI=1S/C24H26ClF2N3O4S/c1-24(2,3)34-23(31)29-11-9-28(10-12-29)17-5-4-6-18(14-17)35(32,33)21-15-30(22(26)27)20-8-7-16(25)13-19(20)21/h4-8,13-15,22H,9-12H2,1-3H3. The highest BCUT2D eigenvalue weighted by atomic mass is 35.5. The zero-order chi connectivity index (χ0) is 25.5. The van der Waals surface area contributed by atoms with Crippen LogP contribution in [0.1, 0.15) is 27.3 Å². The Morgan fingerprint density at radius 2 is 1.74 bits per heavy atom. The van der Waals surface area contributed by atoms with Crippen molar-refractivity contribution in [3.63, 3.8) is 0 Å². The van der Waals surface area contributed by atoms with Gasteiger partial charge in [-0.2, -0.15) is 8.78 Å². The Morgan fingerprint density at radius 1 is 1.06 bits per heavy atom. The van der Waals surface area contributed by atoms with Crippen molar-refractivity contribution >= 4 is 44.1 Å². The summed E-state index contributed by atoms with van der Waals surface area (Å²) in [6.07, 6.45) is 0.565. The number of carbonyl (C=O) groups excluding carboxylic acids is 1. The fourth-order valence-corrected chi connectivity index (χ4v) is 5.68. The third-order valence-electron chi connectivity index (χ3n) is 5.68. The van der Waals surface area contributed by atoms with Gasteiger partial charge in [0, 0.05) is 48.5 Å². The van der Waals surface area contributed by atoms with Crippen LogP contribution in [-0.2, 0) is 14.6 Å². The Balaban J connectivity index is 1.60. The van der Waals surface area contributed by atoms with Gasteiger partial charge in [-0.25, -0.2) is 13.2 Å².